The Labute approximate surface area is 131 Å². The first-order valence-electron chi connectivity index (χ1n) is 6.96. The van der Waals surface area contributed by atoms with E-state index in [-0.39, 0.29) is 5.41 Å². The molecule has 0 fully saturated rings. The molecule has 1 unspecified atom stereocenters. The van der Waals surface area contributed by atoms with Gasteiger partial charge >= 0.3 is 0 Å². The summed E-state index contributed by atoms with van der Waals surface area (Å²) in [6.07, 6.45) is 1.08. The first-order chi connectivity index (χ1) is 9.37. The molecule has 0 radical (unpaired) electrons. The molecule has 0 amide bonds. The summed E-state index contributed by atoms with van der Waals surface area (Å²) in [7, 11) is 3.68. The van der Waals surface area contributed by atoms with Crippen molar-refractivity contribution < 1.29 is 9.47 Å². The average molecular weight is 344 g/mol. The number of benzene rings is 1. The summed E-state index contributed by atoms with van der Waals surface area (Å²) < 4.78 is 11.6. The smallest absolute Gasteiger partial charge is 0.133 e. The molecule has 1 atom stereocenters. The molecule has 1 aromatic carbocycles. The van der Waals surface area contributed by atoms with Gasteiger partial charge < -0.3 is 14.8 Å². The van der Waals surface area contributed by atoms with Crippen molar-refractivity contribution >= 4 is 15.9 Å². The van der Waals surface area contributed by atoms with Crippen molar-refractivity contribution in [3.8, 4) is 5.75 Å². The molecule has 1 rings (SSSR count). The van der Waals surface area contributed by atoms with E-state index in [4.69, 9.17) is 9.47 Å². The molecule has 0 heterocycles. The number of rotatable bonds is 7. The van der Waals surface area contributed by atoms with E-state index in [0.29, 0.717) is 19.3 Å². The molecule has 0 aromatic heterocycles. The lowest BCUT2D eigenvalue weighted by Gasteiger charge is -2.26. The molecule has 20 heavy (non-hydrogen) atoms. The van der Waals surface area contributed by atoms with Gasteiger partial charge in [-0.05, 0) is 52.5 Å². The Bertz CT molecular complexity index is 415. The predicted octanol–water partition coefficient (Wildman–Crippen LogP) is 4.17. The van der Waals surface area contributed by atoms with E-state index >= 15 is 0 Å². The first-order valence-corrected chi connectivity index (χ1v) is 7.75. The second-order valence-electron chi connectivity index (χ2n) is 6.14. The quantitative estimate of drug-likeness (QED) is 0.753. The molecule has 0 saturated heterocycles. The average Bonchev–Trinajstić information content (AvgIpc) is 2.37. The summed E-state index contributed by atoms with van der Waals surface area (Å²) in [5.74, 6) is 0.858. The fraction of sp³-hybridized carbons (Fsp3) is 0.625. The highest BCUT2D eigenvalue weighted by atomic mass is 79.9. The molecule has 0 aliphatic rings. The van der Waals surface area contributed by atoms with Crippen LogP contribution in [0.5, 0.6) is 5.75 Å². The van der Waals surface area contributed by atoms with Gasteiger partial charge in [-0.1, -0.05) is 26.8 Å². The minimum atomic E-state index is 0.286. The highest BCUT2D eigenvalue weighted by Gasteiger charge is 2.19. The Balaban J connectivity index is 2.78. The first kappa shape index (κ1) is 17.5. The predicted molar refractivity (Wildman–Crippen MR) is 87.4 cm³/mol. The summed E-state index contributed by atoms with van der Waals surface area (Å²) in [5, 5.41) is 3.39. The van der Waals surface area contributed by atoms with Crippen LogP contribution in [-0.2, 0) is 4.74 Å². The van der Waals surface area contributed by atoms with Crippen LogP contribution >= 0.6 is 15.9 Å². The van der Waals surface area contributed by atoms with Crippen molar-refractivity contribution in [3.63, 3.8) is 0 Å². The summed E-state index contributed by atoms with van der Waals surface area (Å²) in [6.45, 7) is 7.93. The fourth-order valence-corrected chi connectivity index (χ4v) is 2.60. The number of hydrogen-bond acceptors (Lipinski definition) is 3. The molecule has 4 heteroatoms. The van der Waals surface area contributed by atoms with E-state index in [0.717, 1.165) is 16.6 Å². The third-order valence-corrected chi connectivity index (χ3v) is 3.69. The Morgan fingerprint density at radius 3 is 2.45 bits per heavy atom. The lowest BCUT2D eigenvalue weighted by atomic mass is 9.85. The maximum atomic E-state index is 5.65. The van der Waals surface area contributed by atoms with Gasteiger partial charge in [0.05, 0.1) is 11.1 Å². The van der Waals surface area contributed by atoms with Crippen molar-refractivity contribution in [1.29, 1.82) is 0 Å². The van der Waals surface area contributed by atoms with Gasteiger partial charge in [0.15, 0.2) is 0 Å². The Kier molecular flexibility index (Phi) is 7.00. The number of hydrogen-bond donors (Lipinski definition) is 1. The van der Waals surface area contributed by atoms with Crippen LogP contribution in [0.15, 0.2) is 22.7 Å². The normalized spacial score (nSPS) is 13.3. The third-order valence-electron chi connectivity index (χ3n) is 3.07. The zero-order valence-electron chi connectivity index (χ0n) is 13.1. The van der Waals surface area contributed by atoms with Crippen LogP contribution in [-0.4, -0.2) is 27.4 Å². The zero-order valence-corrected chi connectivity index (χ0v) is 14.7. The van der Waals surface area contributed by atoms with Crippen LogP contribution in [0, 0.1) is 5.41 Å². The largest absolute Gasteiger partial charge is 0.490 e. The van der Waals surface area contributed by atoms with Crippen molar-refractivity contribution in [2.24, 2.45) is 5.41 Å². The number of nitrogens with one attached hydrogen (secondary N) is 1. The lowest BCUT2D eigenvalue weighted by Crippen LogP contribution is -2.22. The van der Waals surface area contributed by atoms with Crippen LogP contribution in [0.25, 0.3) is 0 Å². The van der Waals surface area contributed by atoms with Crippen molar-refractivity contribution in [1.82, 2.24) is 5.32 Å². The highest BCUT2D eigenvalue weighted by Crippen LogP contribution is 2.33. The van der Waals surface area contributed by atoms with Gasteiger partial charge in [0.25, 0.3) is 0 Å². The second-order valence-corrected chi connectivity index (χ2v) is 6.99. The maximum absolute atomic E-state index is 5.65. The summed E-state index contributed by atoms with van der Waals surface area (Å²) in [4.78, 5) is 0. The van der Waals surface area contributed by atoms with Crippen molar-refractivity contribution in [3.05, 3.63) is 28.2 Å². The van der Waals surface area contributed by atoms with E-state index in [2.05, 4.69) is 54.2 Å². The van der Waals surface area contributed by atoms with Crippen LogP contribution in [0.1, 0.15) is 38.8 Å². The molecule has 0 saturated carbocycles. The minimum absolute atomic E-state index is 0.286. The monoisotopic (exact) mass is 343 g/mol. The molecular formula is C16H26BrNO2. The van der Waals surface area contributed by atoms with E-state index in [1.807, 2.05) is 13.1 Å². The van der Waals surface area contributed by atoms with E-state index in [1.165, 1.54) is 5.56 Å². The zero-order chi connectivity index (χ0) is 15.2. The SMILES string of the molecule is CNC(CC(C)(C)C)c1ccc(OCCOC)c(Br)c1. The summed E-state index contributed by atoms with van der Waals surface area (Å²) >= 11 is 3.58. The van der Waals surface area contributed by atoms with E-state index in [1.54, 1.807) is 7.11 Å². The third kappa shape index (κ3) is 5.81. The fourth-order valence-electron chi connectivity index (χ4n) is 2.08. The molecule has 0 aliphatic heterocycles. The van der Waals surface area contributed by atoms with Crippen molar-refractivity contribution in [2.75, 3.05) is 27.4 Å². The second kappa shape index (κ2) is 8.01. The Morgan fingerprint density at radius 2 is 1.95 bits per heavy atom. The van der Waals surface area contributed by atoms with Crippen molar-refractivity contribution in [2.45, 2.75) is 33.2 Å². The van der Waals surface area contributed by atoms with Gasteiger partial charge in [-0.25, -0.2) is 0 Å². The van der Waals surface area contributed by atoms with Gasteiger partial charge in [0, 0.05) is 13.2 Å². The molecule has 1 aromatic rings. The van der Waals surface area contributed by atoms with Gasteiger partial charge in [0.1, 0.15) is 12.4 Å². The molecule has 0 bridgehead atoms. The molecule has 0 spiro atoms. The van der Waals surface area contributed by atoms with Crippen LogP contribution in [0.4, 0.5) is 0 Å². The molecule has 3 nitrogen and oxygen atoms in total. The van der Waals surface area contributed by atoms with E-state index < -0.39 is 0 Å². The van der Waals surface area contributed by atoms with Crippen LogP contribution in [0.3, 0.4) is 0 Å². The van der Waals surface area contributed by atoms with E-state index in [9.17, 15) is 0 Å². The van der Waals surface area contributed by atoms with Crippen LogP contribution in [0.2, 0.25) is 0 Å². The molecule has 0 aliphatic carbocycles. The van der Waals surface area contributed by atoms with Gasteiger partial charge in [-0.2, -0.15) is 0 Å². The van der Waals surface area contributed by atoms with Gasteiger partial charge in [-0.15, -0.1) is 0 Å². The lowest BCUT2D eigenvalue weighted by molar-refractivity contribution is 0.146. The Morgan fingerprint density at radius 1 is 1.25 bits per heavy atom. The topological polar surface area (TPSA) is 30.5 Å². The minimum Gasteiger partial charge on any atom is -0.490 e. The number of ether oxygens (including phenoxy) is 2. The summed E-state index contributed by atoms with van der Waals surface area (Å²) in [6, 6.07) is 6.62. The highest BCUT2D eigenvalue weighted by molar-refractivity contribution is 9.10. The van der Waals surface area contributed by atoms with Gasteiger partial charge in [-0.3, -0.25) is 0 Å². The molecule has 114 valence electrons. The van der Waals surface area contributed by atoms with Crippen LogP contribution < -0.4 is 10.1 Å². The molecule has 1 N–H and O–H groups in total. The summed E-state index contributed by atoms with van der Waals surface area (Å²) in [5.41, 5.74) is 1.56. The Hall–Kier alpha value is -0.580. The van der Waals surface area contributed by atoms with Gasteiger partial charge in [0.2, 0.25) is 0 Å². The number of halogens is 1. The number of methoxy groups -OCH3 is 1. The standard InChI is InChI=1S/C16H26BrNO2/c1-16(2,3)11-14(18-4)12-6-7-15(13(17)10-12)20-9-8-19-5/h6-7,10,14,18H,8-9,11H2,1-5H3. The molecular weight excluding hydrogens is 318 g/mol. The maximum Gasteiger partial charge on any atom is 0.133 e.